The quantitative estimate of drug-likeness (QED) is 0.678. The molecule has 0 saturated carbocycles. The number of nitrogens with two attached hydrogens (primary N) is 1. The van der Waals surface area contributed by atoms with Crippen LogP contribution in [0, 0.1) is 0 Å². The fourth-order valence-electron chi connectivity index (χ4n) is 1.86. The highest BCUT2D eigenvalue weighted by molar-refractivity contribution is 5.91. The first kappa shape index (κ1) is 15.8. The monoisotopic (exact) mass is 274 g/mol. The summed E-state index contributed by atoms with van der Waals surface area (Å²) in [4.78, 5) is 18.4. The molecule has 0 aliphatic carbocycles. The van der Waals surface area contributed by atoms with Gasteiger partial charge in [-0.3, -0.25) is 0 Å². The summed E-state index contributed by atoms with van der Waals surface area (Å²) in [5.41, 5.74) is 8.40. The Morgan fingerprint density at radius 2 is 1.80 bits per heavy atom. The van der Waals surface area contributed by atoms with Gasteiger partial charge in [0.25, 0.3) is 0 Å². The average molecular weight is 274 g/mol. The first-order valence-electron chi connectivity index (χ1n) is 6.32. The highest BCUT2D eigenvalue weighted by Gasteiger charge is 2.11. The molecule has 2 amide bonds. The zero-order valence-electron chi connectivity index (χ0n) is 12.6. The predicted molar refractivity (Wildman–Crippen MR) is 83.3 cm³/mol. The highest BCUT2D eigenvalue weighted by atomic mass is 16.2. The van der Waals surface area contributed by atoms with Gasteiger partial charge in [0.2, 0.25) is 5.96 Å². The topological polar surface area (TPSA) is 61.9 Å². The standard InChI is InChI=1S/C15H22N4O/c1-11(2)13-8-6-12(7-9-13)10-19(5)15(18(3)4)17-14(16)20/h6-9H,1,10H2,2-5H3,(H2,16,20)/b17-15+. The SMILES string of the molecule is C=C(C)c1ccc(CN(C)/C(=N/C(N)=O)N(C)C)cc1. The van der Waals surface area contributed by atoms with Gasteiger partial charge in [0.15, 0.2) is 0 Å². The normalized spacial score (nSPS) is 11.1. The minimum atomic E-state index is -0.696. The molecular formula is C15H22N4O. The Kier molecular flexibility index (Phi) is 5.32. The number of hydrogen-bond donors (Lipinski definition) is 1. The van der Waals surface area contributed by atoms with Crippen molar-refractivity contribution < 1.29 is 4.79 Å². The van der Waals surface area contributed by atoms with Crippen LogP contribution in [-0.4, -0.2) is 42.9 Å². The van der Waals surface area contributed by atoms with Crippen molar-refractivity contribution in [3.05, 3.63) is 42.0 Å². The van der Waals surface area contributed by atoms with E-state index >= 15 is 0 Å². The number of carbonyl (C=O) groups is 1. The van der Waals surface area contributed by atoms with Crippen LogP contribution in [0.15, 0.2) is 35.8 Å². The van der Waals surface area contributed by atoms with Crippen molar-refractivity contribution in [3.8, 4) is 0 Å². The number of nitrogens with zero attached hydrogens (tertiary/aromatic N) is 3. The van der Waals surface area contributed by atoms with E-state index in [-0.39, 0.29) is 0 Å². The molecule has 0 heterocycles. The van der Waals surface area contributed by atoms with Crippen molar-refractivity contribution >= 4 is 17.6 Å². The van der Waals surface area contributed by atoms with Crippen LogP contribution in [0.3, 0.4) is 0 Å². The van der Waals surface area contributed by atoms with E-state index in [1.807, 2.05) is 57.2 Å². The molecule has 0 unspecified atom stereocenters. The van der Waals surface area contributed by atoms with E-state index in [9.17, 15) is 4.79 Å². The van der Waals surface area contributed by atoms with Gasteiger partial charge in [0, 0.05) is 27.7 Å². The maximum Gasteiger partial charge on any atom is 0.341 e. The third kappa shape index (κ3) is 4.42. The molecule has 5 nitrogen and oxygen atoms in total. The van der Waals surface area contributed by atoms with Gasteiger partial charge in [-0.2, -0.15) is 4.99 Å². The second kappa shape index (κ2) is 6.75. The van der Waals surface area contributed by atoms with Crippen LogP contribution < -0.4 is 5.73 Å². The Morgan fingerprint density at radius 3 is 2.20 bits per heavy atom. The number of rotatable bonds is 3. The second-order valence-corrected chi connectivity index (χ2v) is 4.98. The summed E-state index contributed by atoms with van der Waals surface area (Å²) in [6.45, 7) is 6.53. The Bertz CT molecular complexity index is 517. The van der Waals surface area contributed by atoms with E-state index in [1.165, 1.54) is 0 Å². The second-order valence-electron chi connectivity index (χ2n) is 4.98. The molecule has 5 heteroatoms. The number of guanidine groups is 1. The van der Waals surface area contributed by atoms with Gasteiger partial charge < -0.3 is 15.5 Å². The summed E-state index contributed by atoms with van der Waals surface area (Å²) in [5.74, 6) is 0.529. The Balaban J connectivity index is 2.85. The van der Waals surface area contributed by atoms with Gasteiger partial charge in [0.05, 0.1) is 0 Å². The fraction of sp³-hybridized carbons (Fsp3) is 0.333. The molecule has 0 spiro atoms. The summed E-state index contributed by atoms with van der Waals surface area (Å²) < 4.78 is 0. The first-order valence-corrected chi connectivity index (χ1v) is 6.32. The van der Waals surface area contributed by atoms with Gasteiger partial charge in [-0.15, -0.1) is 0 Å². The lowest BCUT2D eigenvalue weighted by Crippen LogP contribution is -2.38. The summed E-state index contributed by atoms with van der Waals surface area (Å²) in [6.07, 6.45) is 0. The molecule has 0 aliphatic rings. The molecule has 0 fully saturated rings. The van der Waals surface area contributed by atoms with E-state index in [4.69, 9.17) is 5.73 Å². The number of aliphatic imine (C=N–C) groups is 1. The summed E-state index contributed by atoms with van der Waals surface area (Å²) in [5, 5.41) is 0. The van der Waals surface area contributed by atoms with E-state index in [0.717, 1.165) is 16.7 Å². The Morgan fingerprint density at radius 1 is 1.25 bits per heavy atom. The van der Waals surface area contributed by atoms with Gasteiger partial charge in [-0.1, -0.05) is 36.4 Å². The molecule has 0 aromatic heterocycles. The Labute approximate surface area is 120 Å². The van der Waals surface area contributed by atoms with E-state index in [2.05, 4.69) is 11.6 Å². The van der Waals surface area contributed by atoms with Crippen molar-refractivity contribution in [2.75, 3.05) is 21.1 Å². The van der Waals surface area contributed by atoms with Gasteiger partial charge in [-0.25, -0.2) is 4.79 Å². The summed E-state index contributed by atoms with van der Waals surface area (Å²) in [7, 11) is 5.51. The van der Waals surface area contributed by atoms with Crippen molar-refractivity contribution in [1.82, 2.24) is 9.80 Å². The minimum absolute atomic E-state index is 0.529. The van der Waals surface area contributed by atoms with E-state index in [0.29, 0.717) is 12.5 Å². The lowest BCUT2D eigenvalue weighted by molar-refractivity contribution is 0.255. The van der Waals surface area contributed by atoms with Crippen molar-refractivity contribution in [2.24, 2.45) is 10.7 Å². The zero-order chi connectivity index (χ0) is 15.3. The van der Waals surface area contributed by atoms with E-state index < -0.39 is 6.03 Å². The third-order valence-electron chi connectivity index (χ3n) is 2.82. The van der Waals surface area contributed by atoms with Gasteiger partial charge in [-0.05, 0) is 18.1 Å². The van der Waals surface area contributed by atoms with Crippen LogP contribution in [0.1, 0.15) is 18.1 Å². The van der Waals surface area contributed by atoms with Crippen LogP contribution in [-0.2, 0) is 6.54 Å². The highest BCUT2D eigenvalue weighted by Crippen LogP contribution is 2.13. The number of allylic oxidation sites excluding steroid dienone is 1. The first-order chi connectivity index (χ1) is 9.31. The predicted octanol–water partition coefficient (Wildman–Crippen LogP) is 2.15. The van der Waals surface area contributed by atoms with E-state index in [1.54, 1.807) is 4.90 Å². The number of benzene rings is 1. The van der Waals surface area contributed by atoms with Gasteiger partial charge >= 0.3 is 6.03 Å². The lowest BCUT2D eigenvalue weighted by atomic mass is 10.1. The number of carbonyl (C=O) groups excluding carboxylic acids is 1. The summed E-state index contributed by atoms with van der Waals surface area (Å²) in [6, 6.07) is 7.45. The molecule has 0 atom stereocenters. The van der Waals surface area contributed by atoms with Gasteiger partial charge in [0.1, 0.15) is 0 Å². The molecule has 0 bridgehead atoms. The molecule has 1 aromatic carbocycles. The van der Waals surface area contributed by atoms with Crippen LogP contribution in [0.2, 0.25) is 0 Å². The molecule has 1 aromatic rings. The van der Waals surface area contributed by atoms with Crippen LogP contribution in [0.25, 0.3) is 5.57 Å². The molecule has 0 radical (unpaired) electrons. The smallest absolute Gasteiger partial charge is 0.341 e. The molecule has 1 rings (SSSR count). The lowest BCUT2D eigenvalue weighted by Gasteiger charge is -2.26. The van der Waals surface area contributed by atoms with Crippen LogP contribution in [0.5, 0.6) is 0 Å². The largest absolute Gasteiger partial charge is 0.350 e. The average Bonchev–Trinajstić information content (AvgIpc) is 2.35. The molecule has 0 aliphatic heterocycles. The number of urea groups is 1. The number of amides is 2. The van der Waals surface area contributed by atoms with Crippen molar-refractivity contribution in [1.29, 1.82) is 0 Å². The maximum atomic E-state index is 11.0. The maximum absolute atomic E-state index is 11.0. The molecule has 2 N–H and O–H groups in total. The van der Waals surface area contributed by atoms with Crippen molar-refractivity contribution in [3.63, 3.8) is 0 Å². The zero-order valence-corrected chi connectivity index (χ0v) is 12.6. The van der Waals surface area contributed by atoms with Crippen LogP contribution in [0.4, 0.5) is 4.79 Å². The fourth-order valence-corrected chi connectivity index (χ4v) is 1.86. The third-order valence-corrected chi connectivity index (χ3v) is 2.82. The molecule has 20 heavy (non-hydrogen) atoms. The summed E-state index contributed by atoms with van der Waals surface area (Å²) >= 11 is 0. The minimum Gasteiger partial charge on any atom is -0.350 e. The Hall–Kier alpha value is -2.30. The molecule has 0 saturated heterocycles. The molecule has 108 valence electrons. The van der Waals surface area contributed by atoms with Crippen molar-refractivity contribution in [2.45, 2.75) is 13.5 Å². The number of primary amides is 1. The molecular weight excluding hydrogens is 252 g/mol. The number of hydrogen-bond acceptors (Lipinski definition) is 1. The van der Waals surface area contributed by atoms with Crippen LogP contribution >= 0.6 is 0 Å².